The fraction of sp³-hybridized carbons (Fsp3) is 0.800. The molecule has 1 heterocycles. The summed E-state index contributed by atoms with van der Waals surface area (Å²) >= 11 is 0. The second-order valence-electron chi connectivity index (χ2n) is 7.13. The highest BCUT2D eigenvalue weighted by Gasteiger charge is 2.43. The monoisotopic (exact) mass is 299 g/mol. The van der Waals surface area contributed by atoms with Gasteiger partial charge < -0.3 is 14.4 Å². The Labute approximate surface area is 123 Å². The summed E-state index contributed by atoms with van der Waals surface area (Å²) in [6.45, 7) is 15.4. The highest BCUT2D eigenvalue weighted by Crippen LogP contribution is 2.39. The zero-order chi connectivity index (χ0) is 15.6. The third kappa shape index (κ3) is 3.85. The van der Waals surface area contributed by atoms with Crippen LogP contribution >= 0.6 is 0 Å². The van der Waals surface area contributed by atoms with Gasteiger partial charge in [-0.25, -0.2) is 4.79 Å². The van der Waals surface area contributed by atoms with Crippen LogP contribution in [0.1, 0.15) is 40.0 Å². The van der Waals surface area contributed by atoms with Crippen LogP contribution in [0.2, 0.25) is 18.1 Å². The fourth-order valence-corrected chi connectivity index (χ4v) is 3.79. The molecule has 5 heteroatoms. The molecule has 0 aromatic carbocycles. The lowest BCUT2D eigenvalue weighted by Gasteiger charge is -2.45. The Bertz CT molecular complexity index is 363. The van der Waals surface area contributed by atoms with Gasteiger partial charge in [0.25, 0.3) is 0 Å². The van der Waals surface area contributed by atoms with E-state index >= 15 is 0 Å². The van der Waals surface area contributed by atoms with E-state index in [0.29, 0.717) is 13.0 Å². The number of likely N-dealkylation sites (tertiary alicyclic amines) is 1. The first-order chi connectivity index (χ1) is 9.10. The standard InChI is InChI=1S/C15H29NO3Si/c1-7-9-12-13(10-8-11-16(12)14(17)18)19-20(5,6)15(2,3)4/h7,12-13H,1,8-11H2,2-6H3,(H,17,18). The van der Waals surface area contributed by atoms with Gasteiger partial charge in [0.05, 0.1) is 12.1 Å². The Kier molecular flexibility index (Phi) is 5.44. The molecular weight excluding hydrogens is 270 g/mol. The van der Waals surface area contributed by atoms with Crippen molar-refractivity contribution in [2.24, 2.45) is 0 Å². The predicted octanol–water partition coefficient (Wildman–Crippen LogP) is 4.10. The molecule has 1 rings (SSSR count). The van der Waals surface area contributed by atoms with E-state index in [2.05, 4.69) is 40.4 Å². The van der Waals surface area contributed by atoms with E-state index in [1.165, 1.54) is 4.90 Å². The molecule has 1 amide bonds. The van der Waals surface area contributed by atoms with Crippen LogP contribution in [0.3, 0.4) is 0 Å². The minimum absolute atomic E-state index is 0.00117. The molecule has 0 spiro atoms. The minimum Gasteiger partial charge on any atom is -0.465 e. The number of nitrogens with zero attached hydrogens (tertiary/aromatic N) is 1. The van der Waals surface area contributed by atoms with Gasteiger partial charge in [0.1, 0.15) is 0 Å². The molecule has 20 heavy (non-hydrogen) atoms. The van der Waals surface area contributed by atoms with Crippen LogP contribution in [-0.2, 0) is 4.43 Å². The fourth-order valence-electron chi connectivity index (χ4n) is 2.40. The van der Waals surface area contributed by atoms with Crippen molar-refractivity contribution in [3.05, 3.63) is 12.7 Å². The molecule has 1 N–H and O–H groups in total. The van der Waals surface area contributed by atoms with Crippen molar-refractivity contribution in [3.63, 3.8) is 0 Å². The van der Waals surface area contributed by atoms with Crippen molar-refractivity contribution < 1.29 is 14.3 Å². The van der Waals surface area contributed by atoms with Gasteiger partial charge in [0.2, 0.25) is 0 Å². The number of amides is 1. The Morgan fingerprint density at radius 1 is 1.50 bits per heavy atom. The topological polar surface area (TPSA) is 49.8 Å². The maximum atomic E-state index is 11.4. The first kappa shape index (κ1) is 17.2. The number of hydrogen-bond acceptors (Lipinski definition) is 2. The van der Waals surface area contributed by atoms with Crippen LogP contribution in [0.15, 0.2) is 12.7 Å². The maximum absolute atomic E-state index is 11.4. The van der Waals surface area contributed by atoms with E-state index in [1.807, 2.05) is 0 Å². The molecule has 2 unspecified atom stereocenters. The Morgan fingerprint density at radius 3 is 2.55 bits per heavy atom. The van der Waals surface area contributed by atoms with Gasteiger partial charge in [-0.1, -0.05) is 26.8 Å². The zero-order valence-corrected chi connectivity index (χ0v) is 14.5. The van der Waals surface area contributed by atoms with Crippen molar-refractivity contribution in [3.8, 4) is 0 Å². The van der Waals surface area contributed by atoms with Crippen molar-refractivity contribution in [1.82, 2.24) is 4.90 Å². The molecule has 2 atom stereocenters. The third-order valence-corrected chi connectivity index (χ3v) is 9.13. The SMILES string of the molecule is C=CCC1C(O[Si](C)(C)C(C)(C)C)CCCN1C(=O)O. The first-order valence-corrected chi connectivity index (χ1v) is 10.3. The Morgan fingerprint density at radius 2 is 2.10 bits per heavy atom. The summed E-state index contributed by atoms with van der Waals surface area (Å²) in [5, 5.41) is 9.49. The molecule has 1 fully saturated rings. The summed E-state index contributed by atoms with van der Waals surface area (Å²) in [7, 11) is -1.88. The molecule has 0 aromatic heterocycles. The van der Waals surface area contributed by atoms with Gasteiger partial charge in [-0.3, -0.25) is 0 Å². The predicted molar refractivity (Wildman–Crippen MR) is 84.6 cm³/mol. The van der Waals surface area contributed by atoms with Gasteiger partial charge in [-0.15, -0.1) is 6.58 Å². The van der Waals surface area contributed by atoms with Crippen LogP contribution in [-0.4, -0.2) is 43.1 Å². The number of rotatable bonds is 4. The number of carboxylic acid groups (broad SMARTS) is 1. The maximum Gasteiger partial charge on any atom is 0.407 e. The number of piperidine rings is 1. The van der Waals surface area contributed by atoms with Crippen LogP contribution in [0.25, 0.3) is 0 Å². The highest BCUT2D eigenvalue weighted by molar-refractivity contribution is 6.74. The molecular formula is C15H29NO3Si. The third-order valence-electron chi connectivity index (χ3n) is 4.62. The van der Waals surface area contributed by atoms with Crippen molar-refractivity contribution in [2.75, 3.05) is 6.54 Å². The summed E-state index contributed by atoms with van der Waals surface area (Å²) < 4.78 is 6.47. The lowest BCUT2D eigenvalue weighted by atomic mass is 9.97. The van der Waals surface area contributed by atoms with E-state index in [0.717, 1.165) is 12.8 Å². The lowest BCUT2D eigenvalue weighted by Crippen LogP contribution is -2.55. The summed E-state index contributed by atoms with van der Waals surface area (Å²) in [6.07, 6.45) is 3.42. The van der Waals surface area contributed by atoms with Crippen LogP contribution < -0.4 is 0 Å². The van der Waals surface area contributed by atoms with E-state index in [9.17, 15) is 9.90 Å². The van der Waals surface area contributed by atoms with E-state index in [4.69, 9.17) is 4.43 Å². The van der Waals surface area contributed by atoms with E-state index in [1.54, 1.807) is 6.08 Å². The molecule has 0 aromatic rings. The smallest absolute Gasteiger partial charge is 0.407 e. The molecule has 1 saturated heterocycles. The van der Waals surface area contributed by atoms with Crippen LogP contribution in [0.4, 0.5) is 4.79 Å². The Hall–Kier alpha value is -0.813. The van der Waals surface area contributed by atoms with Gasteiger partial charge in [-0.05, 0) is 37.4 Å². The normalized spacial score (nSPS) is 24.6. The summed E-state index contributed by atoms with van der Waals surface area (Å²) in [5.74, 6) is 0. The van der Waals surface area contributed by atoms with Crippen molar-refractivity contribution in [2.45, 2.75) is 70.3 Å². The first-order valence-electron chi connectivity index (χ1n) is 7.38. The number of hydrogen-bond donors (Lipinski definition) is 1. The second-order valence-corrected chi connectivity index (χ2v) is 11.9. The van der Waals surface area contributed by atoms with Gasteiger partial charge in [0, 0.05) is 6.54 Å². The molecule has 1 aliphatic rings. The average molecular weight is 299 g/mol. The van der Waals surface area contributed by atoms with Crippen LogP contribution in [0, 0.1) is 0 Å². The molecule has 0 bridgehead atoms. The number of carbonyl (C=O) groups is 1. The van der Waals surface area contributed by atoms with E-state index < -0.39 is 14.4 Å². The lowest BCUT2D eigenvalue weighted by molar-refractivity contribution is 0.0242. The summed E-state index contributed by atoms with van der Waals surface area (Å²) in [6, 6.07) is -0.0899. The molecule has 0 aliphatic carbocycles. The van der Waals surface area contributed by atoms with Crippen molar-refractivity contribution in [1.29, 1.82) is 0 Å². The van der Waals surface area contributed by atoms with Crippen LogP contribution in [0.5, 0.6) is 0 Å². The average Bonchev–Trinajstić information content (AvgIpc) is 2.29. The molecule has 116 valence electrons. The van der Waals surface area contributed by atoms with Gasteiger partial charge in [0.15, 0.2) is 8.32 Å². The largest absolute Gasteiger partial charge is 0.465 e. The zero-order valence-electron chi connectivity index (χ0n) is 13.5. The minimum atomic E-state index is -1.88. The molecule has 0 radical (unpaired) electrons. The van der Waals surface area contributed by atoms with E-state index in [-0.39, 0.29) is 17.2 Å². The second kappa shape index (κ2) is 6.31. The summed E-state index contributed by atoms with van der Waals surface area (Å²) in [5.41, 5.74) is 0. The van der Waals surface area contributed by atoms with Gasteiger partial charge in [-0.2, -0.15) is 0 Å². The molecule has 4 nitrogen and oxygen atoms in total. The molecule has 0 saturated carbocycles. The molecule has 1 aliphatic heterocycles. The summed E-state index contributed by atoms with van der Waals surface area (Å²) in [4.78, 5) is 12.9. The van der Waals surface area contributed by atoms with Gasteiger partial charge >= 0.3 is 6.09 Å². The highest BCUT2D eigenvalue weighted by atomic mass is 28.4. The quantitative estimate of drug-likeness (QED) is 0.628. The Balaban J connectivity index is 2.90. The van der Waals surface area contributed by atoms with Crippen molar-refractivity contribution >= 4 is 14.4 Å².